The lowest BCUT2D eigenvalue weighted by molar-refractivity contribution is -0.136. The minimum atomic E-state index is -0.249. The number of hydrogen-bond donors (Lipinski definition) is 1. The van der Waals surface area contributed by atoms with Crippen LogP contribution in [0.25, 0.3) is 0 Å². The van der Waals surface area contributed by atoms with Crippen molar-refractivity contribution in [1.82, 2.24) is 20.2 Å². The van der Waals surface area contributed by atoms with Gasteiger partial charge in [0, 0.05) is 51.5 Å². The van der Waals surface area contributed by atoms with Crippen LogP contribution in [0, 0.1) is 13.8 Å². The Morgan fingerprint density at radius 1 is 1.03 bits per heavy atom. The van der Waals surface area contributed by atoms with E-state index in [2.05, 4.69) is 42.4 Å². The molecule has 2 saturated heterocycles. The predicted molar refractivity (Wildman–Crippen MR) is 138 cm³/mol. The van der Waals surface area contributed by atoms with Crippen LogP contribution < -0.4 is 10.3 Å². The Balaban J connectivity index is 1.13. The predicted octanol–water partition coefficient (Wildman–Crippen LogP) is 3.63. The molecule has 0 radical (unpaired) electrons. The van der Waals surface area contributed by atoms with E-state index >= 15 is 0 Å². The van der Waals surface area contributed by atoms with Gasteiger partial charge in [-0.1, -0.05) is 41.9 Å². The molecule has 3 aliphatic heterocycles. The van der Waals surface area contributed by atoms with Gasteiger partial charge in [0.15, 0.2) is 0 Å². The third kappa shape index (κ3) is 4.88. The summed E-state index contributed by atoms with van der Waals surface area (Å²) in [6, 6.07) is 14.1. The highest BCUT2D eigenvalue weighted by Gasteiger charge is 2.40. The van der Waals surface area contributed by atoms with Crippen molar-refractivity contribution >= 4 is 29.1 Å². The van der Waals surface area contributed by atoms with Crippen molar-refractivity contribution in [3.8, 4) is 0 Å². The number of para-hydroxylation sites is 1. The maximum absolute atomic E-state index is 13.2. The van der Waals surface area contributed by atoms with E-state index in [0.717, 1.165) is 23.8 Å². The summed E-state index contributed by atoms with van der Waals surface area (Å²) in [4.78, 5) is 31.9. The summed E-state index contributed by atoms with van der Waals surface area (Å²) >= 11 is 6.33. The Bertz CT molecular complexity index is 1140. The molecule has 0 aliphatic carbocycles. The molecule has 2 amide bonds. The number of carbonyl (C=O) groups excluding carboxylic acids is 2. The van der Waals surface area contributed by atoms with Crippen molar-refractivity contribution < 1.29 is 9.59 Å². The Kier molecular flexibility index (Phi) is 6.71. The number of hydrazine groups is 1. The fourth-order valence-electron chi connectivity index (χ4n) is 5.10. The monoisotopic (exact) mass is 493 g/mol. The molecular weight excluding hydrogens is 462 g/mol. The summed E-state index contributed by atoms with van der Waals surface area (Å²) in [5.74, 6) is 0.132. The standard InChI is InChI=1S/C27H32ClN5O2/c1-19-7-8-21(17-20(19)2)23-18-25-27(35)32(15-16-33(25)29-23)10-9-26(34)31-13-11-30(12-14-31)24-6-4-3-5-22(24)28/h3-8,15-17,23,25,29H,9-14,18H2,1-2H3. The van der Waals surface area contributed by atoms with E-state index in [1.54, 1.807) is 11.1 Å². The number of rotatable bonds is 5. The van der Waals surface area contributed by atoms with Gasteiger partial charge in [-0.15, -0.1) is 0 Å². The number of piperazine rings is 1. The quantitative estimate of drug-likeness (QED) is 0.689. The third-order valence-electron chi connectivity index (χ3n) is 7.40. The smallest absolute Gasteiger partial charge is 0.250 e. The van der Waals surface area contributed by atoms with Gasteiger partial charge in [0.25, 0.3) is 5.91 Å². The summed E-state index contributed by atoms with van der Waals surface area (Å²) in [5, 5.41) is 2.65. The molecule has 5 rings (SSSR count). The summed E-state index contributed by atoms with van der Waals surface area (Å²) < 4.78 is 0. The van der Waals surface area contributed by atoms with Crippen molar-refractivity contribution in [1.29, 1.82) is 0 Å². The van der Waals surface area contributed by atoms with Crippen LogP contribution in [0.1, 0.15) is 35.6 Å². The SMILES string of the molecule is Cc1ccc(C2CC3C(=O)N(CCC(=O)N4CCN(c5ccccc5Cl)CC4)C=CN3N2)cc1C. The average Bonchev–Trinajstić information content (AvgIpc) is 3.31. The van der Waals surface area contributed by atoms with Crippen LogP contribution in [0.4, 0.5) is 5.69 Å². The van der Waals surface area contributed by atoms with Gasteiger partial charge in [-0.2, -0.15) is 0 Å². The lowest BCUT2D eigenvalue weighted by Crippen LogP contribution is -2.50. The molecule has 35 heavy (non-hydrogen) atoms. The molecule has 2 unspecified atom stereocenters. The molecule has 0 bridgehead atoms. The van der Waals surface area contributed by atoms with Crippen molar-refractivity contribution in [2.75, 3.05) is 37.6 Å². The van der Waals surface area contributed by atoms with Crippen molar-refractivity contribution in [3.05, 3.63) is 76.6 Å². The number of carbonyl (C=O) groups is 2. The second-order valence-corrected chi connectivity index (χ2v) is 9.99. The Hall–Kier alpha value is -3.03. The van der Waals surface area contributed by atoms with Crippen LogP contribution in [0.5, 0.6) is 0 Å². The molecule has 0 aromatic heterocycles. The first kappa shape index (κ1) is 23.7. The first-order chi connectivity index (χ1) is 16.9. The Morgan fingerprint density at radius 2 is 1.80 bits per heavy atom. The van der Waals surface area contributed by atoms with Crippen molar-refractivity contribution in [2.24, 2.45) is 0 Å². The zero-order valence-corrected chi connectivity index (χ0v) is 21.0. The number of hydrogen-bond acceptors (Lipinski definition) is 5. The van der Waals surface area contributed by atoms with Gasteiger partial charge in [0.2, 0.25) is 5.91 Å². The summed E-state index contributed by atoms with van der Waals surface area (Å²) in [7, 11) is 0. The highest BCUT2D eigenvalue weighted by molar-refractivity contribution is 6.33. The number of amides is 2. The number of aryl methyl sites for hydroxylation is 2. The van der Waals surface area contributed by atoms with E-state index in [-0.39, 0.29) is 23.9 Å². The number of benzene rings is 2. The zero-order valence-electron chi connectivity index (χ0n) is 20.3. The molecule has 2 aromatic rings. The number of nitrogens with one attached hydrogen (secondary N) is 1. The molecule has 0 spiro atoms. The molecule has 3 heterocycles. The maximum Gasteiger partial charge on any atom is 0.250 e. The van der Waals surface area contributed by atoms with Crippen molar-refractivity contribution in [2.45, 2.75) is 38.8 Å². The van der Waals surface area contributed by atoms with Crippen LogP contribution in [0.2, 0.25) is 5.02 Å². The maximum atomic E-state index is 13.2. The van der Waals surface area contributed by atoms with E-state index in [1.165, 1.54) is 16.7 Å². The van der Waals surface area contributed by atoms with Gasteiger partial charge in [-0.05, 0) is 49.1 Å². The molecule has 184 valence electrons. The summed E-state index contributed by atoms with van der Waals surface area (Å²) in [6.45, 7) is 7.44. The van der Waals surface area contributed by atoms with E-state index in [4.69, 9.17) is 11.6 Å². The van der Waals surface area contributed by atoms with Crippen molar-refractivity contribution in [3.63, 3.8) is 0 Å². The molecule has 1 N–H and O–H groups in total. The lowest BCUT2D eigenvalue weighted by Gasteiger charge is -2.37. The molecule has 8 heteroatoms. The molecular formula is C27H32ClN5O2. The fourth-order valence-corrected chi connectivity index (χ4v) is 5.35. The van der Waals surface area contributed by atoms with E-state index in [1.807, 2.05) is 40.4 Å². The van der Waals surface area contributed by atoms with Gasteiger partial charge < -0.3 is 19.7 Å². The van der Waals surface area contributed by atoms with Gasteiger partial charge in [0.1, 0.15) is 6.04 Å². The minimum Gasteiger partial charge on any atom is -0.367 e. The second kappa shape index (κ2) is 9.91. The van der Waals surface area contributed by atoms with Gasteiger partial charge in [-0.3, -0.25) is 9.59 Å². The normalized spacial score (nSPS) is 22.1. The largest absolute Gasteiger partial charge is 0.367 e. The Labute approximate surface area is 211 Å². The Morgan fingerprint density at radius 3 is 2.54 bits per heavy atom. The van der Waals surface area contributed by atoms with Crippen LogP contribution in [0.15, 0.2) is 54.9 Å². The number of halogens is 1. The highest BCUT2D eigenvalue weighted by atomic mass is 35.5. The first-order valence-electron chi connectivity index (χ1n) is 12.3. The lowest BCUT2D eigenvalue weighted by atomic mass is 9.97. The molecule has 2 aromatic carbocycles. The van der Waals surface area contributed by atoms with Gasteiger partial charge in [-0.25, -0.2) is 5.43 Å². The molecule has 2 fully saturated rings. The summed E-state index contributed by atoms with van der Waals surface area (Å²) in [6.07, 6.45) is 4.74. The second-order valence-electron chi connectivity index (χ2n) is 9.58. The zero-order chi connectivity index (χ0) is 24.5. The topological polar surface area (TPSA) is 59.1 Å². The van der Waals surface area contributed by atoms with Crippen LogP contribution in [-0.4, -0.2) is 65.4 Å². The van der Waals surface area contributed by atoms with E-state index < -0.39 is 0 Å². The first-order valence-corrected chi connectivity index (χ1v) is 12.7. The summed E-state index contributed by atoms with van der Waals surface area (Å²) in [5.41, 5.74) is 8.18. The van der Waals surface area contributed by atoms with Gasteiger partial charge in [0.05, 0.1) is 16.8 Å². The fraction of sp³-hybridized carbons (Fsp3) is 0.407. The van der Waals surface area contributed by atoms with Crippen LogP contribution in [-0.2, 0) is 9.59 Å². The highest BCUT2D eigenvalue weighted by Crippen LogP contribution is 2.32. The average molecular weight is 494 g/mol. The third-order valence-corrected chi connectivity index (χ3v) is 7.72. The van der Waals surface area contributed by atoms with Crippen LogP contribution >= 0.6 is 11.6 Å². The minimum absolute atomic E-state index is 0.0441. The van der Waals surface area contributed by atoms with Crippen LogP contribution in [0.3, 0.4) is 0 Å². The molecule has 0 saturated carbocycles. The molecule has 2 atom stereocenters. The number of fused-ring (bicyclic) bond motifs is 1. The van der Waals surface area contributed by atoms with E-state index in [9.17, 15) is 9.59 Å². The van der Waals surface area contributed by atoms with E-state index in [0.29, 0.717) is 32.5 Å². The number of nitrogens with zero attached hydrogens (tertiary/aromatic N) is 4. The van der Waals surface area contributed by atoms with Gasteiger partial charge >= 0.3 is 0 Å². The number of anilines is 1. The molecule has 7 nitrogen and oxygen atoms in total. The molecule has 3 aliphatic rings.